The molecule has 136 valence electrons. The van der Waals surface area contributed by atoms with Crippen LogP contribution >= 0.6 is 11.3 Å². The molecule has 1 atom stereocenters. The molecule has 0 saturated carbocycles. The first kappa shape index (κ1) is 18.4. The lowest BCUT2D eigenvalue weighted by molar-refractivity contribution is 0.0945. The number of fused-ring (bicyclic) bond motifs is 1. The summed E-state index contributed by atoms with van der Waals surface area (Å²) in [7, 11) is 5.55. The van der Waals surface area contributed by atoms with E-state index in [1.54, 1.807) is 19.2 Å². The van der Waals surface area contributed by atoms with E-state index in [9.17, 15) is 9.18 Å². The van der Waals surface area contributed by atoms with Gasteiger partial charge in [0.2, 0.25) is 0 Å². The van der Waals surface area contributed by atoms with E-state index in [1.807, 2.05) is 49.3 Å². The Balaban J connectivity index is 1.78. The Morgan fingerprint density at radius 2 is 2.00 bits per heavy atom. The average Bonchev–Trinajstić information content (AvgIpc) is 3.07. The molecule has 0 radical (unpaired) electrons. The Labute approximate surface area is 156 Å². The Hall–Kier alpha value is -2.44. The Kier molecular flexibility index (Phi) is 5.54. The summed E-state index contributed by atoms with van der Waals surface area (Å²) in [5.74, 6) is 0.273. The number of hydrogen-bond acceptors (Lipinski definition) is 4. The maximum Gasteiger partial charge on any atom is 0.261 e. The summed E-state index contributed by atoms with van der Waals surface area (Å²) in [4.78, 5) is 15.1. The lowest BCUT2D eigenvalue weighted by Crippen LogP contribution is -2.34. The summed E-state index contributed by atoms with van der Waals surface area (Å²) in [6.07, 6.45) is 0. The van der Waals surface area contributed by atoms with Crippen LogP contribution in [-0.4, -0.2) is 38.6 Å². The molecule has 3 rings (SSSR count). The molecule has 1 unspecified atom stereocenters. The fourth-order valence-electron chi connectivity index (χ4n) is 2.93. The summed E-state index contributed by atoms with van der Waals surface area (Å²) in [5.41, 5.74) is 1.00. The first-order valence-corrected chi connectivity index (χ1v) is 9.08. The minimum Gasteiger partial charge on any atom is -0.496 e. The van der Waals surface area contributed by atoms with E-state index in [2.05, 4.69) is 5.32 Å². The van der Waals surface area contributed by atoms with Gasteiger partial charge in [-0.3, -0.25) is 4.79 Å². The summed E-state index contributed by atoms with van der Waals surface area (Å²) in [6.45, 7) is 0.420. The maximum atomic E-state index is 13.8. The van der Waals surface area contributed by atoms with Crippen molar-refractivity contribution >= 4 is 27.3 Å². The van der Waals surface area contributed by atoms with Crippen molar-refractivity contribution < 1.29 is 13.9 Å². The predicted octanol–water partition coefficient (Wildman–Crippen LogP) is 4.08. The van der Waals surface area contributed by atoms with Crippen molar-refractivity contribution in [1.29, 1.82) is 0 Å². The fourth-order valence-corrected chi connectivity index (χ4v) is 3.92. The highest BCUT2D eigenvalue weighted by atomic mass is 32.1. The molecule has 0 saturated heterocycles. The van der Waals surface area contributed by atoms with Gasteiger partial charge >= 0.3 is 0 Å². The number of carbonyl (C=O) groups excluding carboxylic acids is 1. The SMILES string of the molecule is COc1ccccc1C(CNC(=O)c1cc2c(F)cccc2s1)N(C)C. The lowest BCUT2D eigenvalue weighted by atomic mass is 10.0. The largest absolute Gasteiger partial charge is 0.496 e. The van der Waals surface area contributed by atoms with Gasteiger partial charge in [0.15, 0.2) is 0 Å². The van der Waals surface area contributed by atoms with Gasteiger partial charge in [-0.15, -0.1) is 11.3 Å². The second kappa shape index (κ2) is 7.85. The molecule has 1 heterocycles. The molecular weight excluding hydrogens is 351 g/mol. The van der Waals surface area contributed by atoms with Gasteiger partial charge < -0.3 is 15.0 Å². The number of likely N-dealkylation sites (N-methyl/N-ethyl adjacent to an activating group) is 1. The molecule has 4 nitrogen and oxygen atoms in total. The van der Waals surface area contributed by atoms with Crippen molar-refractivity contribution in [3.63, 3.8) is 0 Å². The minimum absolute atomic E-state index is 0.0405. The molecule has 3 aromatic rings. The number of ether oxygens (including phenoxy) is 1. The van der Waals surface area contributed by atoms with Crippen LogP contribution in [0, 0.1) is 5.82 Å². The predicted molar refractivity (Wildman–Crippen MR) is 104 cm³/mol. The van der Waals surface area contributed by atoms with E-state index in [0.29, 0.717) is 16.8 Å². The standard InChI is InChI=1S/C20H21FN2O2S/c1-23(2)16(13-7-4-5-9-17(13)25-3)12-22-20(24)19-11-14-15(21)8-6-10-18(14)26-19/h4-11,16H,12H2,1-3H3,(H,22,24). The maximum absolute atomic E-state index is 13.8. The molecule has 0 aliphatic heterocycles. The van der Waals surface area contributed by atoms with Gasteiger partial charge in [0.1, 0.15) is 11.6 Å². The second-order valence-corrected chi connectivity index (χ2v) is 7.28. The van der Waals surface area contributed by atoms with Gasteiger partial charge in [0, 0.05) is 22.2 Å². The molecular formula is C20H21FN2O2S. The summed E-state index contributed by atoms with van der Waals surface area (Å²) < 4.78 is 20.1. The Morgan fingerprint density at radius 1 is 1.23 bits per heavy atom. The molecule has 26 heavy (non-hydrogen) atoms. The van der Waals surface area contributed by atoms with Crippen LogP contribution in [0.25, 0.3) is 10.1 Å². The van der Waals surface area contributed by atoms with Gasteiger partial charge in [-0.1, -0.05) is 24.3 Å². The quantitative estimate of drug-likeness (QED) is 0.709. The number of carbonyl (C=O) groups is 1. The van der Waals surface area contributed by atoms with E-state index >= 15 is 0 Å². The van der Waals surface area contributed by atoms with Gasteiger partial charge in [0.25, 0.3) is 5.91 Å². The van der Waals surface area contributed by atoms with Crippen LogP contribution < -0.4 is 10.1 Å². The van der Waals surface area contributed by atoms with E-state index in [1.165, 1.54) is 17.4 Å². The monoisotopic (exact) mass is 372 g/mol. The first-order valence-electron chi connectivity index (χ1n) is 8.27. The molecule has 0 aliphatic carbocycles. The van der Waals surface area contributed by atoms with E-state index in [0.717, 1.165) is 16.0 Å². The number of thiophene rings is 1. The van der Waals surface area contributed by atoms with Crippen LogP contribution in [0.15, 0.2) is 48.5 Å². The highest BCUT2D eigenvalue weighted by Gasteiger charge is 2.20. The summed E-state index contributed by atoms with van der Waals surface area (Å²) >= 11 is 1.29. The molecule has 6 heteroatoms. The molecule has 2 aromatic carbocycles. The van der Waals surface area contributed by atoms with Crippen molar-refractivity contribution in [3.05, 3.63) is 64.8 Å². The van der Waals surface area contributed by atoms with Crippen molar-refractivity contribution in [2.75, 3.05) is 27.7 Å². The zero-order valence-electron chi connectivity index (χ0n) is 15.0. The van der Waals surface area contributed by atoms with Gasteiger partial charge in [-0.25, -0.2) is 4.39 Å². The normalized spacial score (nSPS) is 12.3. The molecule has 0 aliphatic rings. The molecule has 0 bridgehead atoms. The van der Waals surface area contributed by atoms with Crippen molar-refractivity contribution in [2.45, 2.75) is 6.04 Å². The van der Waals surface area contributed by atoms with Crippen LogP contribution in [0.2, 0.25) is 0 Å². The molecule has 1 N–H and O–H groups in total. The molecule has 1 amide bonds. The molecule has 0 fully saturated rings. The zero-order valence-corrected chi connectivity index (χ0v) is 15.8. The van der Waals surface area contributed by atoms with Gasteiger partial charge in [-0.2, -0.15) is 0 Å². The van der Waals surface area contributed by atoms with Crippen LogP contribution in [0.3, 0.4) is 0 Å². The number of methoxy groups -OCH3 is 1. The number of amides is 1. The van der Waals surface area contributed by atoms with Crippen molar-refractivity contribution in [3.8, 4) is 5.75 Å². The van der Waals surface area contributed by atoms with Crippen LogP contribution in [-0.2, 0) is 0 Å². The highest BCUT2D eigenvalue weighted by molar-refractivity contribution is 7.20. The van der Waals surface area contributed by atoms with E-state index in [-0.39, 0.29) is 17.8 Å². The summed E-state index contributed by atoms with van der Waals surface area (Å²) in [6, 6.07) is 14.2. The van der Waals surface area contributed by atoms with Crippen LogP contribution in [0.4, 0.5) is 4.39 Å². The number of hydrogen-bond donors (Lipinski definition) is 1. The second-order valence-electron chi connectivity index (χ2n) is 6.19. The van der Waals surface area contributed by atoms with E-state index in [4.69, 9.17) is 4.74 Å². The topological polar surface area (TPSA) is 41.6 Å². The molecule has 0 spiro atoms. The van der Waals surface area contributed by atoms with Gasteiger partial charge in [0.05, 0.1) is 18.0 Å². The number of halogens is 1. The zero-order chi connectivity index (χ0) is 18.7. The third-order valence-electron chi connectivity index (χ3n) is 4.31. The Morgan fingerprint density at radius 3 is 2.69 bits per heavy atom. The minimum atomic E-state index is -0.307. The smallest absolute Gasteiger partial charge is 0.261 e. The van der Waals surface area contributed by atoms with E-state index < -0.39 is 0 Å². The van der Waals surface area contributed by atoms with Crippen LogP contribution in [0.1, 0.15) is 21.3 Å². The number of rotatable bonds is 6. The van der Waals surface area contributed by atoms with Crippen molar-refractivity contribution in [2.24, 2.45) is 0 Å². The molecule has 1 aromatic heterocycles. The van der Waals surface area contributed by atoms with Crippen LogP contribution in [0.5, 0.6) is 5.75 Å². The number of nitrogens with zero attached hydrogens (tertiary/aromatic N) is 1. The lowest BCUT2D eigenvalue weighted by Gasteiger charge is -2.26. The first-order chi connectivity index (χ1) is 12.5. The third kappa shape index (κ3) is 3.71. The average molecular weight is 372 g/mol. The van der Waals surface area contributed by atoms with Gasteiger partial charge in [-0.05, 0) is 38.4 Å². The summed E-state index contributed by atoms with van der Waals surface area (Å²) in [5, 5.41) is 3.45. The third-order valence-corrected chi connectivity index (χ3v) is 5.41. The number of nitrogens with one attached hydrogen (secondary N) is 1. The number of para-hydroxylation sites is 1. The fraction of sp³-hybridized carbons (Fsp3) is 0.250. The van der Waals surface area contributed by atoms with Crippen molar-refractivity contribution in [1.82, 2.24) is 10.2 Å². The highest BCUT2D eigenvalue weighted by Crippen LogP contribution is 2.29. The number of benzene rings is 2. The Bertz CT molecular complexity index is 923.